The van der Waals surface area contributed by atoms with Crippen molar-refractivity contribution < 1.29 is 13.5 Å². The summed E-state index contributed by atoms with van der Waals surface area (Å²) >= 11 is 3.17. The molecule has 20 heavy (non-hydrogen) atoms. The number of aryl methyl sites for hydroxylation is 1. The molecule has 0 saturated carbocycles. The Kier molecular flexibility index (Phi) is 5.12. The van der Waals surface area contributed by atoms with Crippen molar-refractivity contribution in [3.05, 3.63) is 59.2 Å². The molecule has 0 aliphatic heterocycles. The molecule has 0 radical (unpaired) electrons. The highest BCUT2D eigenvalue weighted by molar-refractivity contribution is 9.08. The predicted molar refractivity (Wildman–Crippen MR) is 79.5 cm³/mol. The van der Waals surface area contributed by atoms with Crippen molar-refractivity contribution in [2.75, 3.05) is 0 Å². The molecule has 0 heterocycles. The van der Waals surface area contributed by atoms with Crippen LogP contribution >= 0.6 is 15.9 Å². The number of halogens is 3. The quantitative estimate of drug-likeness (QED) is 0.643. The molecule has 0 fully saturated rings. The van der Waals surface area contributed by atoms with Crippen LogP contribution in [0.1, 0.15) is 24.5 Å². The minimum atomic E-state index is -0.697. The number of hydrogen-bond donors (Lipinski definition) is 0. The highest BCUT2D eigenvalue weighted by Crippen LogP contribution is 2.29. The van der Waals surface area contributed by atoms with Crippen LogP contribution in [0, 0.1) is 11.6 Å². The molecule has 0 aromatic heterocycles. The Balaban J connectivity index is 2.21. The average molecular weight is 341 g/mol. The Hall–Kier alpha value is -1.42. The fraction of sp³-hybridized carbons (Fsp3) is 0.250. The summed E-state index contributed by atoms with van der Waals surface area (Å²) in [6.45, 7) is 2.10. The highest BCUT2D eigenvalue weighted by Gasteiger charge is 2.13. The van der Waals surface area contributed by atoms with Crippen LogP contribution in [0.2, 0.25) is 0 Å². The molecular formula is C16H15BrF2O. The second-order valence-electron chi connectivity index (χ2n) is 4.52. The first kappa shape index (κ1) is 15.0. The second kappa shape index (κ2) is 6.84. The van der Waals surface area contributed by atoms with Gasteiger partial charge < -0.3 is 4.74 Å². The maximum atomic E-state index is 13.8. The van der Waals surface area contributed by atoms with Crippen molar-refractivity contribution in [3.63, 3.8) is 0 Å². The van der Waals surface area contributed by atoms with E-state index in [0.29, 0.717) is 16.6 Å². The van der Waals surface area contributed by atoms with Gasteiger partial charge in [0, 0.05) is 5.33 Å². The smallest absolute Gasteiger partial charge is 0.198 e. The van der Waals surface area contributed by atoms with E-state index in [1.807, 2.05) is 12.1 Å². The molecule has 2 rings (SSSR count). The van der Waals surface area contributed by atoms with Crippen molar-refractivity contribution in [2.24, 2.45) is 0 Å². The predicted octanol–water partition coefficient (Wildman–Crippen LogP) is 5.60. The van der Waals surface area contributed by atoms with Crippen LogP contribution in [-0.2, 0) is 11.8 Å². The lowest BCUT2D eigenvalue weighted by atomic mass is 10.1. The van der Waals surface area contributed by atoms with Crippen LogP contribution in [0.3, 0.4) is 0 Å². The standard InChI is InChI=1S/C16H15BrF2O/c1-2-3-11-4-6-13(7-5-11)20-16-14(18)8-12(10-17)9-15(16)19/h4-9H,2-3,10H2,1H3. The van der Waals surface area contributed by atoms with E-state index in [0.717, 1.165) is 12.8 Å². The minimum absolute atomic E-state index is 0.363. The number of hydrogen-bond acceptors (Lipinski definition) is 1. The summed E-state index contributed by atoms with van der Waals surface area (Å²) in [6.07, 6.45) is 2.03. The zero-order chi connectivity index (χ0) is 14.5. The Morgan fingerprint density at radius 2 is 1.60 bits per heavy atom. The van der Waals surface area contributed by atoms with Crippen LogP contribution in [-0.4, -0.2) is 0 Å². The van der Waals surface area contributed by atoms with Gasteiger partial charge in [-0.15, -0.1) is 0 Å². The zero-order valence-corrected chi connectivity index (χ0v) is 12.7. The lowest BCUT2D eigenvalue weighted by Gasteiger charge is -2.09. The maximum Gasteiger partial charge on any atom is 0.198 e. The molecule has 0 N–H and O–H groups in total. The number of rotatable bonds is 5. The molecule has 0 aliphatic carbocycles. The largest absolute Gasteiger partial charge is 0.451 e. The third kappa shape index (κ3) is 3.57. The molecule has 2 aromatic rings. The molecule has 0 amide bonds. The van der Waals surface area contributed by atoms with Crippen molar-refractivity contribution >= 4 is 15.9 Å². The summed E-state index contributed by atoms with van der Waals surface area (Å²) in [5.41, 5.74) is 1.71. The molecule has 0 spiro atoms. The third-order valence-corrected chi connectivity index (χ3v) is 3.54. The summed E-state index contributed by atoms with van der Waals surface area (Å²) in [4.78, 5) is 0. The highest BCUT2D eigenvalue weighted by atomic mass is 79.9. The number of alkyl halides is 1. The van der Waals surface area contributed by atoms with Gasteiger partial charge in [-0.25, -0.2) is 8.78 Å². The SMILES string of the molecule is CCCc1ccc(Oc2c(F)cc(CBr)cc2F)cc1. The van der Waals surface area contributed by atoms with Gasteiger partial charge >= 0.3 is 0 Å². The first-order valence-corrected chi connectivity index (χ1v) is 7.57. The van der Waals surface area contributed by atoms with Crippen LogP contribution in [0.15, 0.2) is 36.4 Å². The van der Waals surface area contributed by atoms with Crippen molar-refractivity contribution in [1.29, 1.82) is 0 Å². The van der Waals surface area contributed by atoms with E-state index in [9.17, 15) is 8.78 Å². The average Bonchev–Trinajstić information content (AvgIpc) is 2.44. The summed E-state index contributed by atoms with van der Waals surface area (Å²) in [5, 5.41) is 0.396. The monoisotopic (exact) mass is 340 g/mol. The lowest BCUT2D eigenvalue weighted by Crippen LogP contribution is -1.95. The molecular weight excluding hydrogens is 326 g/mol. The number of ether oxygens (including phenoxy) is 1. The van der Waals surface area contributed by atoms with Gasteiger partial charge in [0.25, 0.3) is 0 Å². The fourth-order valence-corrected chi connectivity index (χ4v) is 2.24. The summed E-state index contributed by atoms with van der Waals surface area (Å²) in [6, 6.07) is 9.78. The van der Waals surface area contributed by atoms with Gasteiger partial charge in [0.15, 0.2) is 17.4 Å². The molecule has 0 saturated heterocycles. The molecule has 2 aromatic carbocycles. The van der Waals surface area contributed by atoms with E-state index in [2.05, 4.69) is 22.9 Å². The van der Waals surface area contributed by atoms with Gasteiger partial charge in [-0.3, -0.25) is 0 Å². The van der Waals surface area contributed by atoms with E-state index in [1.54, 1.807) is 12.1 Å². The van der Waals surface area contributed by atoms with E-state index in [-0.39, 0.29) is 5.75 Å². The Bertz CT molecular complexity index is 559. The van der Waals surface area contributed by atoms with Gasteiger partial charge in [0.1, 0.15) is 5.75 Å². The second-order valence-corrected chi connectivity index (χ2v) is 5.08. The molecule has 0 bridgehead atoms. The minimum Gasteiger partial charge on any atom is -0.451 e. The van der Waals surface area contributed by atoms with Gasteiger partial charge in [0.2, 0.25) is 0 Å². The molecule has 106 valence electrons. The van der Waals surface area contributed by atoms with Crippen molar-refractivity contribution in [3.8, 4) is 11.5 Å². The summed E-state index contributed by atoms with van der Waals surface area (Å²) in [7, 11) is 0. The summed E-state index contributed by atoms with van der Waals surface area (Å²) in [5.74, 6) is -1.33. The Morgan fingerprint density at radius 3 is 2.10 bits per heavy atom. The zero-order valence-electron chi connectivity index (χ0n) is 11.1. The molecule has 0 unspecified atom stereocenters. The topological polar surface area (TPSA) is 9.23 Å². The van der Waals surface area contributed by atoms with E-state index in [1.165, 1.54) is 17.7 Å². The molecule has 0 atom stereocenters. The van der Waals surface area contributed by atoms with Gasteiger partial charge in [-0.2, -0.15) is 0 Å². The first-order valence-electron chi connectivity index (χ1n) is 6.44. The van der Waals surface area contributed by atoms with Gasteiger partial charge in [-0.1, -0.05) is 41.4 Å². The molecule has 4 heteroatoms. The Labute approximate surface area is 125 Å². The normalized spacial score (nSPS) is 10.6. The lowest BCUT2D eigenvalue weighted by molar-refractivity contribution is 0.406. The van der Waals surface area contributed by atoms with E-state index < -0.39 is 11.6 Å². The Morgan fingerprint density at radius 1 is 1.00 bits per heavy atom. The molecule has 0 aliphatic rings. The van der Waals surface area contributed by atoms with Gasteiger partial charge in [-0.05, 0) is 41.8 Å². The molecule has 1 nitrogen and oxygen atoms in total. The van der Waals surface area contributed by atoms with E-state index >= 15 is 0 Å². The fourth-order valence-electron chi connectivity index (χ4n) is 1.92. The van der Waals surface area contributed by atoms with Crippen LogP contribution < -0.4 is 4.74 Å². The van der Waals surface area contributed by atoms with Gasteiger partial charge in [0.05, 0.1) is 0 Å². The maximum absolute atomic E-state index is 13.8. The third-order valence-electron chi connectivity index (χ3n) is 2.89. The van der Waals surface area contributed by atoms with Crippen LogP contribution in [0.25, 0.3) is 0 Å². The van der Waals surface area contributed by atoms with E-state index in [4.69, 9.17) is 4.74 Å². The van der Waals surface area contributed by atoms with Crippen LogP contribution in [0.4, 0.5) is 8.78 Å². The van der Waals surface area contributed by atoms with Crippen LogP contribution in [0.5, 0.6) is 11.5 Å². The van der Waals surface area contributed by atoms with Crippen molar-refractivity contribution in [1.82, 2.24) is 0 Å². The van der Waals surface area contributed by atoms with Crippen molar-refractivity contribution in [2.45, 2.75) is 25.1 Å². The first-order chi connectivity index (χ1) is 9.63. The summed E-state index contributed by atoms with van der Waals surface area (Å²) < 4.78 is 32.9. The number of benzene rings is 2.